The zero-order chi connectivity index (χ0) is 21.1. The van der Waals surface area contributed by atoms with E-state index in [1.807, 2.05) is 13.0 Å². The monoisotopic (exact) mass is 433 g/mol. The van der Waals surface area contributed by atoms with Gasteiger partial charge in [-0.3, -0.25) is 0 Å². The second-order valence-corrected chi connectivity index (χ2v) is 9.96. The molecule has 0 spiro atoms. The van der Waals surface area contributed by atoms with Gasteiger partial charge >= 0.3 is 0 Å². The lowest BCUT2D eigenvalue weighted by Gasteiger charge is -2.35. The molecule has 1 saturated carbocycles. The van der Waals surface area contributed by atoms with E-state index in [2.05, 4.69) is 15.2 Å². The summed E-state index contributed by atoms with van der Waals surface area (Å²) in [5.41, 5.74) is 0.883. The predicted octanol–water partition coefficient (Wildman–Crippen LogP) is 3.18. The maximum Gasteiger partial charge on any atom is 0.243 e. The highest BCUT2D eigenvalue weighted by molar-refractivity contribution is 7.89. The summed E-state index contributed by atoms with van der Waals surface area (Å²) in [6, 6.07) is 7.52. The Morgan fingerprint density at radius 1 is 1.03 bits per heavy atom. The fourth-order valence-corrected chi connectivity index (χ4v) is 5.60. The van der Waals surface area contributed by atoms with Crippen LogP contribution in [0.1, 0.15) is 37.8 Å². The summed E-state index contributed by atoms with van der Waals surface area (Å²) >= 11 is 0. The molecule has 0 amide bonds. The molecule has 0 bridgehead atoms. The molecule has 0 atom stereocenters. The fraction of sp³-hybridized carbons (Fsp3) is 0.524. The SMILES string of the molecule is Cc1cc(N2CCN(S(=O)(=O)c3cccc(F)c3)CC2)nc(NC2CCCCC2)n1. The summed E-state index contributed by atoms with van der Waals surface area (Å²) in [6.07, 6.45) is 6.05. The van der Waals surface area contributed by atoms with Crippen molar-refractivity contribution in [1.82, 2.24) is 14.3 Å². The van der Waals surface area contributed by atoms with Crippen molar-refractivity contribution in [3.63, 3.8) is 0 Å². The van der Waals surface area contributed by atoms with Crippen molar-refractivity contribution >= 4 is 21.8 Å². The number of aryl methyl sites for hydroxylation is 1. The summed E-state index contributed by atoms with van der Waals surface area (Å²) in [6.45, 7) is 3.64. The Morgan fingerprint density at radius 3 is 2.47 bits per heavy atom. The van der Waals surface area contributed by atoms with Crippen LogP contribution in [-0.2, 0) is 10.0 Å². The van der Waals surface area contributed by atoms with Gasteiger partial charge in [-0.05, 0) is 38.0 Å². The molecule has 1 saturated heterocycles. The Labute approximate surface area is 177 Å². The van der Waals surface area contributed by atoms with E-state index in [1.54, 1.807) is 0 Å². The quantitative estimate of drug-likeness (QED) is 0.780. The summed E-state index contributed by atoms with van der Waals surface area (Å²) in [4.78, 5) is 11.3. The third-order valence-corrected chi connectivity index (χ3v) is 7.67. The van der Waals surface area contributed by atoms with E-state index in [9.17, 15) is 12.8 Å². The first-order chi connectivity index (χ1) is 14.4. The van der Waals surface area contributed by atoms with Crippen LogP contribution in [-0.4, -0.2) is 54.9 Å². The molecular formula is C21H28FN5O2S. The van der Waals surface area contributed by atoms with Gasteiger partial charge in [-0.25, -0.2) is 17.8 Å². The van der Waals surface area contributed by atoms with Crippen molar-refractivity contribution in [2.45, 2.75) is 50.0 Å². The van der Waals surface area contributed by atoms with Crippen LogP contribution in [0.25, 0.3) is 0 Å². The van der Waals surface area contributed by atoms with E-state index in [0.29, 0.717) is 38.2 Å². The normalized spacial score (nSPS) is 19.1. The lowest BCUT2D eigenvalue weighted by Crippen LogP contribution is -2.49. The zero-order valence-electron chi connectivity index (χ0n) is 17.2. The molecule has 1 aliphatic heterocycles. The van der Waals surface area contributed by atoms with Crippen molar-refractivity contribution in [1.29, 1.82) is 0 Å². The number of hydrogen-bond acceptors (Lipinski definition) is 6. The third-order valence-electron chi connectivity index (χ3n) is 5.78. The van der Waals surface area contributed by atoms with Crippen molar-refractivity contribution in [3.05, 3.63) is 41.8 Å². The number of halogens is 1. The number of piperazine rings is 1. The van der Waals surface area contributed by atoms with E-state index in [0.717, 1.165) is 30.4 Å². The Hall–Kier alpha value is -2.26. The van der Waals surface area contributed by atoms with Crippen molar-refractivity contribution in [2.24, 2.45) is 0 Å². The van der Waals surface area contributed by atoms with Gasteiger partial charge in [0.15, 0.2) is 0 Å². The summed E-state index contributed by atoms with van der Waals surface area (Å²) in [5, 5.41) is 3.47. The lowest BCUT2D eigenvalue weighted by molar-refractivity contribution is 0.383. The van der Waals surface area contributed by atoms with E-state index < -0.39 is 15.8 Å². The third kappa shape index (κ3) is 4.73. The maximum absolute atomic E-state index is 13.5. The Kier molecular flexibility index (Phi) is 6.19. The van der Waals surface area contributed by atoms with Gasteiger partial charge in [-0.15, -0.1) is 0 Å². The van der Waals surface area contributed by atoms with Crippen LogP contribution in [0.2, 0.25) is 0 Å². The molecule has 0 unspecified atom stereocenters. The molecule has 2 fully saturated rings. The summed E-state index contributed by atoms with van der Waals surface area (Å²) in [5.74, 6) is 0.902. The number of hydrogen-bond donors (Lipinski definition) is 1. The van der Waals surface area contributed by atoms with Gasteiger partial charge in [0, 0.05) is 44.0 Å². The van der Waals surface area contributed by atoms with E-state index in [4.69, 9.17) is 4.98 Å². The van der Waals surface area contributed by atoms with Gasteiger partial charge < -0.3 is 10.2 Å². The highest BCUT2D eigenvalue weighted by Gasteiger charge is 2.29. The van der Waals surface area contributed by atoms with Gasteiger partial charge in [0.25, 0.3) is 0 Å². The predicted molar refractivity (Wildman–Crippen MR) is 115 cm³/mol. The molecule has 1 aromatic heterocycles. The standard InChI is InChI=1S/C21H28FN5O2S/c1-16-14-20(25-21(23-16)24-18-7-3-2-4-8-18)26-10-12-27(13-11-26)30(28,29)19-9-5-6-17(22)15-19/h5-6,9,14-15,18H,2-4,7-8,10-13H2,1H3,(H,23,24,25). The largest absolute Gasteiger partial charge is 0.354 e. The minimum atomic E-state index is -3.70. The van der Waals surface area contributed by atoms with Crippen LogP contribution in [0, 0.1) is 12.7 Å². The van der Waals surface area contributed by atoms with Gasteiger partial charge in [0.2, 0.25) is 16.0 Å². The van der Waals surface area contributed by atoms with Gasteiger partial charge in [-0.2, -0.15) is 9.29 Å². The maximum atomic E-state index is 13.5. The smallest absolute Gasteiger partial charge is 0.243 e. The molecule has 1 aliphatic carbocycles. The number of rotatable bonds is 5. The highest BCUT2D eigenvalue weighted by Crippen LogP contribution is 2.24. The van der Waals surface area contributed by atoms with E-state index in [-0.39, 0.29) is 4.90 Å². The van der Waals surface area contributed by atoms with Crippen LogP contribution in [0.15, 0.2) is 35.2 Å². The molecule has 2 aliphatic rings. The van der Waals surface area contributed by atoms with Crippen molar-refractivity contribution < 1.29 is 12.8 Å². The molecule has 2 aromatic rings. The van der Waals surface area contributed by atoms with Gasteiger partial charge in [0.05, 0.1) is 4.90 Å². The molecule has 1 N–H and O–H groups in total. The Morgan fingerprint density at radius 2 is 1.77 bits per heavy atom. The molecule has 0 radical (unpaired) electrons. The second kappa shape index (κ2) is 8.85. The zero-order valence-corrected chi connectivity index (χ0v) is 18.0. The molecule has 4 rings (SSSR count). The number of benzene rings is 1. The van der Waals surface area contributed by atoms with E-state index >= 15 is 0 Å². The summed E-state index contributed by atoms with van der Waals surface area (Å²) in [7, 11) is -3.70. The van der Waals surface area contributed by atoms with Crippen LogP contribution in [0.3, 0.4) is 0 Å². The highest BCUT2D eigenvalue weighted by atomic mass is 32.2. The first kappa shape index (κ1) is 21.0. The topological polar surface area (TPSA) is 78.4 Å². The first-order valence-electron chi connectivity index (χ1n) is 10.5. The van der Waals surface area contributed by atoms with Crippen molar-refractivity contribution in [2.75, 3.05) is 36.4 Å². The first-order valence-corrected chi connectivity index (χ1v) is 12.0. The minimum Gasteiger partial charge on any atom is -0.354 e. The Bertz CT molecular complexity index is 987. The number of nitrogens with one attached hydrogen (secondary N) is 1. The van der Waals surface area contributed by atoms with Crippen molar-refractivity contribution in [3.8, 4) is 0 Å². The molecule has 7 nitrogen and oxygen atoms in total. The number of sulfonamides is 1. The van der Waals surface area contributed by atoms with E-state index in [1.165, 1.54) is 41.8 Å². The minimum absolute atomic E-state index is 0.00667. The fourth-order valence-electron chi connectivity index (χ4n) is 4.14. The average molecular weight is 434 g/mol. The number of anilines is 2. The van der Waals surface area contributed by atoms with Gasteiger partial charge in [0.1, 0.15) is 11.6 Å². The molecular weight excluding hydrogens is 405 g/mol. The van der Waals surface area contributed by atoms with Crippen LogP contribution >= 0.6 is 0 Å². The molecule has 1 aromatic carbocycles. The van der Waals surface area contributed by atoms with Crippen LogP contribution < -0.4 is 10.2 Å². The van der Waals surface area contributed by atoms with Crippen LogP contribution in [0.5, 0.6) is 0 Å². The molecule has 30 heavy (non-hydrogen) atoms. The number of nitrogens with zero attached hydrogens (tertiary/aromatic N) is 4. The molecule has 162 valence electrons. The lowest BCUT2D eigenvalue weighted by atomic mass is 9.96. The Balaban J connectivity index is 1.43. The summed E-state index contributed by atoms with van der Waals surface area (Å²) < 4.78 is 40.5. The average Bonchev–Trinajstić information content (AvgIpc) is 2.74. The molecule has 9 heteroatoms. The number of aromatic nitrogens is 2. The molecule has 2 heterocycles. The van der Waals surface area contributed by atoms with Crippen LogP contribution in [0.4, 0.5) is 16.2 Å². The second-order valence-electron chi connectivity index (χ2n) is 8.02. The van der Waals surface area contributed by atoms with Gasteiger partial charge in [-0.1, -0.05) is 25.3 Å².